The van der Waals surface area contributed by atoms with Gasteiger partial charge in [-0.15, -0.1) is 0 Å². The SMILES string of the molecule is COC1=CC(=Nc2cc[nH]c3cc4c(c2-3)CCC=C4)C(C)CC1. The van der Waals surface area contributed by atoms with Crippen molar-refractivity contribution in [2.24, 2.45) is 10.9 Å². The van der Waals surface area contributed by atoms with E-state index >= 15 is 0 Å². The van der Waals surface area contributed by atoms with Crippen molar-refractivity contribution >= 4 is 17.5 Å². The van der Waals surface area contributed by atoms with Crippen LogP contribution in [-0.4, -0.2) is 17.8 Å². The van der Waals surface area contributed by atoms with E-state index in [0.717, 1.165) is 42.8 Å². The average molecular weight is 306 g/mol. The van der Waals surface area contributed by atoms with Crippen LogP contribution in [0.15, 0.2) is 41.2 Å². The Kier molecular flexibility index (Phi) is 3.56. The Labute approximate surface area is 137 Å². The van der Waals surface area contributed by atoms with Crippen LogP contribution in [-0.2, 0) is 11.2 Å². The van der Waals surface area contributed by atoms with E-state index in [0.29, 0.717) is 5.92 Å². The van der Waals surface area contributed by atoms with Crippen molar-refractivity contribution in [3.8, 4) is 11.3 Å². The maximum Gasteiger partial charge on any atom is 0.0973 e. The Bertz CT molecular complexity index is 794. The summed E-state index contributed by atoms with van der Waals surface area (Å²) < 4.78 is 5.44. The smallest absolute Gasteiger partial charge is 0.0973 e. The summed E-state index contributed by atoms with van der Waals surface area (Å²) in [4.78, 5) is 8.40. The third kappa shape index (κ3) is 2.50. The number of aromatic amines is 1. The molecule has 23 heavy (non-hydrogen) atoms. The van der Waals surface area contributed by atoms with Gasteiger partial charge in [-0.25, -0.2) is 0 Å². The van der Waals surface area contributed by atoms with Crippen molar-refractivity contribution in [2.75, 3.05) is 7.11 Å². The van der Waals surface area contributed by atoms with Gasteiger partial charge < -0.3 is 9.72 Å². The van der Waals surface area contributed by atoms with Gasteiger partial charge in [-0.3, -0.25) is 4.99 Å². The molecule has 1 heterocycles. The summed E-state index contributed by atoms with van der Waals surface area (Å²) >= 11 is 0. The van der Waals surface area contributed by atoms with Crippen LogP contribution in [0, 0.1) is 5.92 Å². The lowest BCUT2D eigenvalue weighted by Gasteiger charge is -2.20. The van der Waals surface area contributed by atoms with Crippen molar-refractivity contribution in [3.05, 3.63) is 47.4 Å². The number of hydrogen-bond donors (Lipinski definition) is 1. The molecule has 118 valence electrons. The standard InChI is InChI=1S/C20H22N2O/c1-13-7-8-15(23-2)12-18(13)22-17-9-10-21-19-11-14-5-3-4-6-16(14)20(17)19/h3,5,9-13,21H,4,6-8H2,1-2H3. The lowest BCUT2D eigenvalue weighted by molar-refractivity contribution is 0.270. The van der Waals surface area contributed by atoms with Crippen LogP contribution >= 0.6 is 0 Å². The fourth-order valence-electron chi connectivity index (χ4n) is 3.60. The van der Waals surface area contributed by atoms with E-state index in [-0.39, 0.29) is 0 Å². The minimum Gasteiger partial charge on any atom is -0.501 e. The van der Waals surface area contributed by atoms with Crippen LogP contribution in [0.25, 0.3) is 17.3 Å². The van der Waals surface area contributed by atoms with E-state index in [9.17, 15) is 0 Å². The molecular formula is C20H22N2O. The first-order valence-corrected chi connectivity index (χ1v) is 8.39. The Morgan fingerprint density at radius 1 is 1.30 bits per heavy atom. The summed E-state index contributed by atoms with van der Waals surface area (Å²) in [6.45, 7) is 2.25. The fraction of sp³-hybridized carbons (Fsp3) is 0.350. The number of aromatic nitrogens is 1. The molecular weight excluding hydrogens is 284 g/mol. The average Bonchev–Trinajstić information content (AvgIpc) is 2.96. The Balaban J connectivity index is 1.85. The number of nitrogens with zero attached hydrogens (tertiary/aromatic N) is 1. The molecule has 1 unspecified atom stereocenters. The van der Waals surface area contributed by atoms with Gasteiger partial charge in [0.05, 0.1) is 18.6 Å². The molecule has 4 aliphatic rings. The molecule has 0 fully saturated rings. The molecule has 0 radical (unpaired) electrons. The van der Waals surface area contributed by atoms with E-state index in [1.54, 1.807) is 7.11 Å². The predicted octanol–water partition coefficient (Wildman–Crippen LogP) is 5.11. The summed E-state index contributed by atoms with van der Waals surface area (Å²) in [5.74, 6) is 1.51. The monoisotopic (exact) mass is 306 g/mol. The largest absolute Gasteiger partial charge is 0.501 e. The summed E-state index contributed by atoms with van der Waals surface area (Å²) in [5.41, 5.74) is 7.43. The van der Waals surface area contributed by atoms with Crippen LogP contribution < -0.4 is 0 Å². The first-order valence-electron chi connectivity index (χ1n) is 8.39. The molecule has 0 aromatic heterocycles. The molecule has 0 saturated carbocycles. The number of ether oxygens (including phenoxy) is 1. The zero-order valence-corrected chi connectivity index (χ0v) is 13.7. The van der Waals surface area contributed by atoms with E-state index in [1.807, 2.05) is 6.20 Å². The third-order valence-corrected chi connectivity index (χ3v) is 4.96. The lowest BCUT2D eigenvalue weighted by Crippen LogP contribution is -2.15. The number of rotatable bonds is 2. The molecule has 0 aromatic carbocycles. The highest BCUT2D eigenvalue weighted by Gasteiger charge is 2.22. The predicted molar refractivity (Wildman–Crippen MR) is 95.4 cm³/mol. The van der Waals surface area contributed by atoms with Crippen LogP contribution in [0.4, 0.5) is 5.69 Å². The molecule has 0 saturated heterocycles. The van der Waals surface area contributed by atoms with Gasteiger partial charge in [0.25, 0.3) is 0 Å². The molecule has 1 aliphatic heterocycles. The molecule has 1 N–H and O–H groups in total. The number of methoxy groups -OCH3 is 1. The number of hydrogen-bond acceptors (Lipinski definition) is 2. The normalized spacial score (nSPS) is 22.3. The van der Waals surface area contributed by atoms with E-state index in [2.05, 4.69) is 42.3 Å². The molecule has 0 amide bonds. The second-order valence-electron chi connectivity index (χ2n) is 6.46. The quantitative estimate of drug-likeness (QED) is 0.822. The van der Waals surface area contributed by atoms with E-state index in [1.165, 1.54) is 22.4 Å². The molecule has 0 spiro atoms. The summed E-state index contributed by atoms with van der Waals surface area (Å²) in [6.07, 6.45) is 12.9. The number of nitrogens with one attached hydrogen (secondary N) is 1. The van der Waals surface area contributed by atoms with Gasteiger partial charge in [-0.2, -0.15) is 0 Å². The van der Waals surface area contributed by atoms with Crippen molar-refractivity contribution in [1.29, 1.82) is 0 Å². The Morgan fingerprint density at radius 2 is 2.22 bits per heavy atom. The van der Waals surface area contributed by atoms with Gasteiger partial charge in [0, 0.05) is 29.6 Å². The second-order valence-corrected chi connectivity index (χ2v) is 6.46. The van der Waals surface area contributed by atoms with Crippen LogP contribution in [0.1, 0.15) is 37.3 Å². The van der Waals surface area contributed by atoms with Crippen molar-refractivity contribution in [1.82, 2.24) is 4.98 Å². The van der Waals surface area contributed by atoms with Gasteiger partial charge in [-0.05, 0) is 54.5 Å². The lowest BCUT2D eigenvalue weighted by atomic mass is 9.92. The number of aliphatic imine (C=N–C) groups is 1. The number of fused-ring (bicyclic) bond motifs is 3. The highest BCUT2D eigenvalue weighted by molar-refractivity contribution is 6.01. The third-order valence-electron chi connectivity index (χ3n) is 4.96. The maximum atomic E-state index is 5.44. The van der Waals surface area contributed by atoms with Crippen molar-refractivity contribution in [3.63, 3.8) is 0 Å². The number of allylic oxidation sites excluding steroid dienone is 3. The zero-order valence-electron chi connectivity index (χ0n) is 13.7. The van der Waals surface area contributed by atoms with Crippen molar-refractivity contribution in [2.45, 2.75) is 32.6 Å². The molecule has 1 atom stereocenters. The second kappa shape index (κ2) is 5.73. The molecule has 3 heteroatoms. The number of H-pyrrole nitrogens is 1. The molecule has 0 aromatic rings. The summed E-state index contributed by atoms with van der Waals surface area (Å²) in [5, 5.41) is 0. The minimum absolute atomic E-state index is 0.471. The first-order chi connectivity index (χ1) is 11.3. The zero-order chi connectivity index (χ0) is 15.8. The van der Waals surface area contributed by atoms with Gasteiger partial charge in [0.1, 0.15) is 0 Å². The topological polar surface area (TPSA) is 37.4 Å². The fourth-order valence-corrected chi connectivity index (χ4v) is 3.60. The maximum absolute atomic E-state index is 5.44. The highest BCUT2D eigenvalue weighted by atomic mass is 16.5. The number of pyridine rings is 1. The Hall–Kier alpha value is -2.29. The summed E-state index contributed by atoms with van der Waals surface area (Å²) in [7, 11) is 1.75. The van der Waals surface area contributed by atoms with Crippen molar-refractivity contribution < 1.29 is 4.74 Å². The molecule has 0 bridgehead atoms. The molecule has 3 aliphatic carbocycles. The van der Waals surface area contributed by atoms with Gasteiger partial charge in [-0.1, -0.05) is 19.1 Å². The van der Waals surface area contributed by atoms with Gasteiger partial charge in [0.2, 0.25) is 0 Å². The van der Waals surface area contributed by atoms with Crippen LogP contribution in [0.5, 0.6) is 0 Å². The molecule has 4 rings (SSSR count). The van der Waals surface area contributed by atoms with E-state index < -0.39 is 0 Å². The highest BCUT2D eigenvalue weighted by Crippen LogP contribution is 2.41. The van der Waals surface area contributed by atoms with Crippen LogP contribution in [0.3, 0.4) is 0 Å². The molecule has 3 nitrogen and oxygen atoms in total. The summed E-state index contributed by atoms with van der Waals surface area (Å²) in [6, 6.07) is 4.33. The Morgan fingerprint density at radius 3 is 3.09 bits per heavy atom. The first kappa shape index (κ1) is 14.3. The van der Waals surface area contributed by atoms with E-state index in [4.69, 9.17) is 9.73 Å². The van der Waals surface area contributed by atoms with Crippen LogP contribution in [0.2, 0.25) is 0 Å². The van der Waals surface area contributed by atoms with Gasteiger partial charge >= 0.3 is 0 Å². The van der Waals surface area contributed by atoms with Gasteiger partial charge in [0.15, 0.2) is 0 Å². The minimum atomic E-state index is 0.471.